The third-order valence-corrected chi connectivity index (χ3v) is 2.20. The van der Waals surface area contributed by atoms with Gasteiger partial charge in [0, 0.05) is 5.88 Å². The predicted octanol–water partition coefficient (Wildman–Crippen LogP) is 4.55. The highest BCUT2D eigenvalue weighted by molar-refractivity contribution is 6.17. The third kappa shape index (κ3) is 9.69. The Labute approximate surface area is 87.7 Å². The summed E-state index contributed by atoms with van der Waals surface area (Å²) in [5.74, 6) is 1.47. The molecule has 0 aromatic heterocycles. The van der Waals surface area contributed by atoms with Gasteiger partial charge >= 0.3 is 0 Å². The molecule has 0 fully saturated rings. The summed E-state index contributed by atoms with van der Waals surface area (Å²) in [6, 6.07) is 0. The Hall–Kier alpha value is -0.230. The van der Waals surface area contributed by atoms with Gasteiger partial charge in [-0.05, 0) is 25.2 Å². The second kappa shape index (κ2) is 9.85. The maximum absolute atomic E-state index is 5.55. The standard InChI is InChI=1S/C12H21Cl/c1-3-9-12(2)10-7-5-4-6-8-11-13/h4-5,7,10,12H,3,6,8-9,11H2,1-2H3/b5-4+,10-7+. The first-order chi connectivity index (χ1) is 6.31. The van der Waals surface area contributed by atoms with Crippen LogP contribution in [0.25, 0.3) is 0 Å². The molecule has 0 aromatic carbocycles. The van der Waals surface area contributed by atoms with Gasteiger partial charge in [0.2, 0.25) is 0 Å². The Balaban J connectivity index is 3.43. The molecule has 0 aliphatic heterocycles. The number of halogens is 1. The quantitative estimate of drug-likeness (QED) is 0.321. The lowest BCUT2D eigenvalue weighted by Gasteiger charge is -2.00. The molecule has 1 atom stereocenters. The topological polar surface area (TPSA) is 0 Å². The fourth-order valence-electron chi connectivity index (χ4n) is 1.18. The summed E-state index contributed by atoms with van der Waals surface area (Å²) in [5, 5.41) is 0. The molecule has 0 bridgehead atoms. The minimum Gasteiger partial charge on any atom is -0.127 e. The van der Waals surface area contributed by atoms with E-state index in [2.05, 4.69) is 38.2 Å². The van der Waals surface area contributed by atoms with E-state index in [1.165, 1.54) is 12.8 Å². The smallest absolute Gasteiger partial charge is 0.0226 e. The second-order valence-corrected chi connectivity index (χ2v) is 3.79. The number of rotatable bonds is 7. The van der Waals surface area contributed by atoms with Gasteiger partial charge in [-0.15, -0.1) is 11.6 Å². The second-order valence-electron chi connectivity index (χ2n) is 3.41. The minimum absolute atomic E-state index is 0.711. The van der Waals surface area contributed by atoms with Crippen molar-refractivity contribution >= 4 is 11.6 Å². The molecule has 0 aliphatic rings. The molecule has 0 saturated heterocycles. The van der Waals surface area contributed by atoms with E-state index in [4.69, 9.17) is 11.6 Å². The van der Waals surface area contributed by atoms with Crippen molar-refractivity contribution in [3.8, 4) is 0 Å². The molecular weight excluding hydrogens is 180 g/mol. The monoisotopic (exact) mass is 200 g/mol. The molecule has 76 valence electrons. The Bertz CT molecular complexity index is 147. The van der Waals surface area contributed by atoms with Gasteiger partial charge in [0.05, 0.1) is 0 Å². The van der Waals surface area contributed by atoms with Crippen LogP contribution in [0.15, 0.2) is 24.3 Å². The molecule has 0 saturated carbocycles. The summed E-state index contributed by atoms with van der Waals surface area (Å²) in [4.78, 5) is 0. The maximum Gasteiger partial charge on any atom is 0.0226 e. The molecule has 13 heavy (non-hydrogen) atoms. The molecule has 0 rings (SSSR count). The van der Waals surface area contributed by atoms with Gasteiger partial charge in [0.1, 0.15) is 0 Å². The summed E-state index contributed by atoms with van der Waals surface area (Å²) in [5.41, 5.74) is 0. The highest BCUT2D eigenvalue weighted by atomic mass is 35.5. The molecule has 0 amide bonds. The van der Waals surface area contributed by atoms with Crippen molar-refractivity contribution in [2.45, 2.75) is 39.5 Å². The lowest BCUT2D eigenvalue weighted by molar-refractivity contribution is 0.634. The SMILES string of the molecule is CCCC(C)/C=C/C=C/CCCCl. The van der Waals surface area contributed by atoms with Crippen LogP contribution in [0.3, 0.4) is 0 Å². The van der Waals surface area contributed by atoms with E-state index < -0.39 is 0 Å². The fraction of sp³-hybridized carbons (Fsp3) is 0.667. The van der Waals surface area contributed by atoms with E-state index in [-0.39, 0.29) is 0 Å². The van der Waals surface area contributed by atoms with Gasteiger partial charge in [-0.2, -0.15) is 0 Å². The summed E-state index contributed by atoms with van der Waals surface area (Å²) in [6.07, 6.45) is 13.4. The van der Waals surface area contributed by atoms with Crippen molar-refractivity contribution in [1.29, 1.82) is 0 Å². The molecule has 1 unspecified atom stereocenters. The van der Waals surface area contributed by atoms with Gasteiger partial charge < -0.3 is 0 Å². The summed E-state index contributed by atoms with van der Waals surface area (Å²) < 4.78 is 0. The van der Waals surface area contributed by atoms with Crippen LogP contribution in [0.2, 0.25) is 0 Å². The highest BCUT2D eigenvalue weighted by Crippen LogP contribution is 2.06. The maximum atomic E-state index is 5.55. The van der Waals surface area contributed by atoms with Gasteiger partial charge in [-0.25, -0.2) is 0 Å². The number of hydrogen-bond donors (Lipinski definition) is 0. The lowest BCUT2D eigenvalue weighted by atomic mass is 10.1. The number of alkyl halides is 1. The lowest BCUT2D eigenvalue weighted by Crippen LogP contribution is -1.86. The molecule has 0 aromatic rings. The van der Waals surface area contributed by atoms with E-state index in [1.54, 1.807) is 0 Å². The Kier molecular flexibility index (Phi) is 9.68. The largest absolute Gasteiger partial charge is 0.127 e. The molecule has 0 radical (unpaired) electrons. The van der Waals surface area contributed by atoms with Crippen molar-refractivity contribution in [3.63, 3.8) is 0 Å². The van der Waals surface area contributed by atoms with Crippen molar-refractivity contribution in [2.75, 3.05) is 5.88 Å². The Morgan fingerprint density at radius 2 is 2.08 bits per heavy atom. The predicted molar refractivity (Wildman–Crippen MR) is 62.3 cm³/mol. The van der Waals surface area contributed by atoms with Crippen LogP contribution in [0.4, 0.5) is 0 Å². The van der Waals surface area contributed by atoms with Crippen molar-refractivity contribution in [3.05, 3.63) is 24.3 Å². The number of hydrogen-bond acceptors (Lipinski definition) is 0. The van der Waals surface area contributed by atoms with E-state index in [0.717, 1.165) is 18.7 Å². The highest BCUT2D eigenvalue weighted by Gasteiger charge is 1.91. The minimum atomic E-state index is 0.711. The van der Waals surface area contributed by atoms with E-state index >= 15 is 0 Å². The van der Waals surface area contributed by atoms with Crippen LogP contribution >= 0.6 is 11.6 Å². The van der Waals surface area contributed by atoms with E-state index in [1.807, 2.05) is 0 Å². The number of allylic oxidation sites excluding steroid dienone is 4. The zero-order chi connectivity index (χ0) is 9.94. The average molecular weight is 201 g/mol. The summed E-state index contributed by atoms with van der Waals surface area (Å²) >= 11 is 5.55. The van der Waals surface area contributed by atoms with Gasteiger partial charge in [0.15, 0.2) is 0 Å². The normalized spacial score (nSPS) is 14.4. The van der Waals surface area contributed by atoms with Gasteiger partial charge in [-0.3, -0.25) is 0 Å². The van der Waals surface area contributed by atoms with Crippen molar-refractivity contribution in [1.82, 2.24) is 0 Å². The van der Waals surface area contributed by atoms with Crippen LogP contribution in [0.5, 0.6) is 0 Å². The zero-order valence-electron chi connectivity index (χ0n) is 8.80. The van der Waals surface area contributed by atoms with Crippen LogP contribution in [0.1, 0.15) is 39.5 Å². The average Bonchev–Trinajstić information content (AvgIpc) is 2.11. The van der Waals surface area contributed by atoms with E-state index in [0.29, 0.717) is 5.92 Å². The number of unbranched alkanes of at least 4 members (excludes halogenated alkanes) is 1. The molecule has 1 heteroatoms. The molecule has 0 heterocycles. The van der Waals surface area contributed by atoms with Crippen LogP contribution < -0.4 is 0 Å². The molecular formula is C12H21Cl. The first-order valence-corrected chi connectivity index (χ1v) is 5.74. The summed E-state index contributed by atoms with van der Waals surface area (Å²) in [7, 11) is 0. The first kappa shape index (κ1) is 12.8. The van der Waals surface area contributed by atoms with Crippen molar-refractivity contribution < 1.29 is 0 Å². The van der Waals surface area contributed by atoms with Gasteiger partial charge in [0.25, 0.3) is 0 Å². The van der Waals surface area contributed by atoms with Gasteiger partial charge in [-0.1, -0.05) is 44.6 Å². The summed E-state index contributed by atoms with van der Waals surface area (Å²) in [6.45, 7) is 4.48. The zero-order valence-corrected chi connectivity index (χ0v) is 9.56. The molecule has 0 spiro atoms. The molecule has 0 N–H and O–H groups in total. The molecule has 0 nitrogen and oxygen atoms in total. The van der Waals surface area contributed by atoms with E-state index in [9.17, 15) is 0 Å². The van der Waals surface area contributed by atoms with Crippen LogP contribution in [0, 0.1) is 5.92 Å². The van der Waals surface area contributed by atoms with Crippen LogP contribution in [-0.4, -0.2) is 5.88 Å². The van der Waals surface area contributed by atoms with Crippen molar-refractivity contribution in [2.24, 2.45) is 5.92 Å². The first-order valence-electron chi connectivity index (χ1n) is 5.20. The third-order valence-electron chi connectivity index (χ3n) is 1.94. The van der Waals surface area contributed by atoms with Crippen LogP contribution in [-0.2, 0) is 0 Å². The molecule has 0 aliphatic carbocycles. The fourth-order valence-corrected chi connectivity index (χ4v) is 1.33. The Morgan fingerprint density at radius 1 is 1.31 bits per heavy atom. The Morgan fingerprint density at radius 3 is 2.69 bits per heavy atom.